The van der Waals surface area contributed by atoms with Crippen LogP contribution in [-0.4, -0.2) is 29.7 Å². The monoisotopic (exact) mass is 331 g/mol. The first kappa shape index (κ1) is 16.6. The van der Waals surface area contributed by atoms with Crippen molar-refractivity contribution in [3.05, 3.63) is 0 Å². The molecule has 4 rings (SSSR count). The number of carbonyl (C=O) groups is 2. The minimum atomic E-state index is -0.0541. The van der Waals surface area contributed by atoms with Gasteiger partial charge in [-0.2, -0.15) is 0 Å². The molecule has 1 heterocycles. The molecule has 1 saturated heterocycles. The number of nitrogens with zero attached hydrogens (tertiary/aromatic N) is 1. The molecule has 0 spiro atoms. The summed E-state index contributed by atoms with van der Waals surface area (Å²) in [6.07, 6.45) is 8.35. The molecule has 0 aromatic rings. The molecule has 0 radical (unpaired) electrons. The number of amides is 1. The van der Waals surface area contributed by atoms with E-state index in [4.69, 9.17) is 0 Å². The molecule has 0 aromatic carbocycles. The zero-order chi connectivity index (χ0) is 17.3. The summed E-state index contributed by atoms with van der Waals surface area (Å²) in [4.78, 5) is 27.0. The highest BCUT2D eigenvalue weighted by Gasteiger charge is 2.63. The van der Waals surface area contributed by atoms with E-state index in [2.05, 4.69) is 25.7 Å². The minimum Gasteiger partial charge on any atom is -0.342 e. The molecule has 0 aromatic heterocycles. The summed E-state index contributed by atoms with van der Waals surface area (Å²) in [5.41, 5.74) is 0.207. The van der Waals surface area contributed by atoms with Crippen LogP contribution in [0.4, 0.5) is 0 Å². The molecule has 0 bridgehead atoms. The summed E-state index contributed by atoms with van der Waals surface area (Å²) < 4.78 is 0. The number of likely N-dealkylation sites (tertiary alicyclic amines) is 1. The van der Waals surface area contributed by atoms with Crippen molar-refractivity contribution in [2.75, 3.05) is 7.05 Å². The second-order valence-electron chi connectivity index (χ2n) is 9.65. The van der Waals surface area contributed by atoms with Gasteiger partial charge in [0.25, 0.3) is 0 Å². The number of fused-ring (bicyclic) bond motifs is 5. The fraction of sp³-hybridized carbons (Fsp3) is 0.905. The minimum absolute atomic E-state index is 0.0541. The summed E-state index contributed by atoms with van der Waals surface area (Å²) in [6.45, 7) is 7.00. The van der Waals surface area contributed by atoms with Crippen LogP contribution in [0.2, 0.25) is 0 Å². The summed E-state index contributed by atoms with van der Waals surface area (Å²) in [6, 6.07) is 0.418. The maximum absolute atomic E-state index is 12.8. The van der Waals surface area contributed by atoms with Crippen LogP contribution in [0.15, 0.2) is 0 Å². The van der Waals surface area contributed by atoms with Gasteiger partial charge in [-0.15, -0.1) is 0 Å². The van der Waals surface area contributed by atoms with Gasteiger partial charge in [0.1, 0.15) is 5.78 Å². The lowest BCUT2D eigenvalue weighted by atomic mass is 9.46. The number of hydrogen-bond acceptors (Lipinski definition) is 2. The molecule has 1 amide bonds. The summed E-state index contributed by atoms with van der Waals surface area (Å²) in [7, 11) is 2.02. The van der Waals surface area contributed by atoms with Crippen LogP contribution in [0.25, 0.3) is 0 Å². The fourth-order valence-corrected chi connectivity index (χ4v) is 7.59. The van der Waals surface area contributed by atoms with E-state index >= 15 is 0 Å². The van der Waals surface area contributed by atoms with Crippen molar-refractivity contribution in [3.8, 4) is 0 Å². The Morgan fingerprint density at radius 1 is 1.12 bits per heavy atom. The Labute approximate surface area is 146 Å². The summed E-state index contributed by atoms with van der Waals surface area (Å²) in [5, 5.41) is 0. The fourth-order valence-electron chi connectivity index (χ4n) is 7.59. The van der Waals surface area contributed by atoms with E-state index in [1.807, 2.05) is 7.05 Å². The molecule has 24 heavy (non-hydrogen) atoms. The Morgan fingerprint density at radius 3 is 2.58 bits per heavy atom. The molecular weight excluding hydrogens is 298 g/mol. The Hall–Kier alpha value is -0.860. The van der Waals surface area contributed by atoms with Crippen molar-refractivity contribution in [2.45, 2.75) is 78.2 Å². The summed E-state index contributed by atoms with van der Waals surface area (Å²) >= 11 is 0. The molecule has 3 saturated carbocycles. The van der Waals surface area contributed by atoms with Gasteiger partial charge in [0, 0.05) is 31.3 Å². The number of rotatable bonds is 1. The molecule has 134 valence electrons. The van der Waals surface area contributed by atoms with Gasteiger partial charge in [0.05, 0.1) is 0 Å². The number of Topliss-reactive ketones (excluding diaryl/α,β-unsaturated/α-hetero) is 1. The first-order valence-corrected chi connectivity index (χ1v) is 10.1. The van der Waals surface area contributed by atoms with Crippen molar-refractivity contribution < 1.29 is 9.59 Å². The topological polar surface area (TPSA) is 37.4 Å². The van der Waals surface area contributed by atoms with Crippen LogP contribution >= 0.6 is 0 Å². The van der Waals surface area contributed by atoms with Crippen molar-refractivity contribution in [1.29, 1.82) is 0 Å². The third kappa shape index (κ3) is 1.96. The lowest BCUT2D eigenvalue weighted by Crippen LogP contribution is -2.61. The molecule has 3 heteroatoms. The SMILES string of the molecule is CCC1CC(=O)[C@@]2(C)CC[C@@H]3[C@@H](CCC4N(C)C(=O)CC[C@@]43C)[C@H]12. The highest BCUT2D eigenvalue weighted by molar-refractivity contribution is 5.87. The maximum Gasteiger partial charge on any atom is 0.222 e. The third-order valence-electron chi connectivity index (χ3n) is 8.93. The van der Waals surface area contributed by atoms with Crippen molar-refractivity contribution in [2.24, 2.45) is 34.5 Å². The molecule has 3 nitrogen and oxygen atoms in total. The van der Waals surface area contributed by atoms with Crippen LogP contribution in [0.1, 0.15) is 72.1 Å². The van der Waals surface area contributed by atoms with Gasteiger partial charge >= 0.3 is 0 Å². The summed E-state index contributed by atoms with van der Waals surface area (Å²) in [5.74, 6) is 3.46. The molecule has 1 aliphatic heterocycles. The molecule has 3 aliphatic carbocycles. The van der Waals surface area contributed by atoms with Gasteiger partial charge in [-0.25, -0.2) is 0 Å². The average Bonchev–Trinajstić information content (AvgIpc) is 2.82. The number of hydrogen-bond donors (Lipinski definition) is 0. The molecule has 7 atom stereocenters. The molecule has 2 unspecified atom stereocenters. The number of ketones is 1. The van der Waals surface area contributed by atoms with Crippen LogP contribution in [0.3, 0.4) is 0 Å². The van der Waals surface area contributed by atoms with Gasteiger partial charge in [0.15, 0.2) is 0 Å². The maximum atomic E-state index is 12.8. The Bertz CT molecular complexity index is 572. The largest absolute Gasteiger partial charge is 0.342 e. The second-order valence-corrected chi connectivity index (χ2v) is 9.65. The predicted octanol–water partition coefficient (Wildman–Crippen LogP) is 4.06. The molecule has 4 aliphatic rings. The van der Waals surface area contributed by atoms with Crippen LogP contribution in [0, 0.1) is 34.5 Å². The van der Waals surface area contributed by atoms with Gasteiger partial charge in [-0.3, -0.25) is 9.59 Å². The smallest absolute Gasteiger partial charge is 0.222 e. The number of piperidine rings is 1. The van der Waals surface area contributed by atoms with Crippen LogP contribution in [0.5, 0.6) is 0 Å². The first-order chi connectivity index (χ1) is 11.3. The Kier molecular flexibility index (Phi) is 3.68. The quantitative estimate of drug-likeness (QED) is 0.727. The Balaban J connectivity index is 1.69. The van der Waals surface area contributed by atoms with E-state index in [9.17, 15) is 9.59 Å². The Morgan fingerprint density at radius 2 is 1.88 bits per heavy atom. The zero-order valence-electron chi connectivity index (χ0n) is 15.8. The van der Waals surface area contributed by atoms with Gasteiger partial charge in [-0.1, -0.05) is 27.2 Å². The predicted molar refractivity (Wildman–Crippen MR) is 94.3 cm³/mol. The van der Waals surface area contributed by atoms with Gasteiger partial charge < -0.3 is 4.90 Å². The van der Waals surface area contributed by atoms with Crippen molar-refractivity contribution in [1.82, 2.24) is 4.90 Å². The van der Waals surface area contributed by atoms with E-state index < -0.39 is 0 Å². The highest BCUT2D eigenvalue weighted by atomic mass is 16.2. The van der Waals surface area contributed by atoms with E-state index in [0.29, 0.717) is 47.8 Å². The van der Waals surface area contributed by atoms with Crippen LogP contribution in [-0.2, 0) is 9.59 Å². The van der Waals surface area contributed by atoms with E-state index in [1.54, 1.807) is 0 Å². The van der Waals surface area contributed by atoms with E-state index in [-0.39, 0.29) is 10.8 Å². The molecular formula is C21H33NO2. The lowest BCUT2D eigenvalue weighted by molar-refractivity contribution is -0.160. The molecule has 4 fully saturated rings. The van der Waals surface area contributed by atoms with Crippen molar-refractivity contribution >= 4 is 11.7 Å². The van der Waals surface area contributed by atoms with Gasteiger partial charge in [-0.05, 0) is 61.2 Å². The number of carbonyl (C=O) groups excluding carboxylic acids is 2. The normalized spacial score (nSPS) is 51.2. The van der Waals surface area contributed by atoms with Crippen molar-refractivity contribution in [3.63, 3.8) is 0 Å². The van der Waals surface area contributed by atoms with Crippen LogP contribution < -0.4 is 0 Å². The van der Waals surface area contributed by atoms with Gasteiger partial charge in [0.2, 0.25) is 5.91 Å². The zero-order valence-corrected chi connectivity index (χ0v) is 15.8. The first-order valence-electron chi connectivity index (χ1n) is 10.1. The highest BCUT2D eigenvalue weighted by Crippen LogP contribution is 2.65. The second kappa shape index (κ2) is 5.32. The van der Waals surface area contributed by atoms with E-state index in [1.165, 1.54) is 12.8 Å². The third-order valence-corrected chi connectivity index (χ3v) is 8.93. The standard InChI is InChI=1S/C21H33NO2/c1-5-13-12-17(23)21(3)10-8-15-14(19(13)21)6-7-16-20(15,2)11-9-18(24)22(16)4/h13-16,19H,5-12H2,1-4H3/t13?,14-,15-,16?,19+,20-,21-/m1/s1. The lowest BCUT2D eigenvalue weighted by Gasteiger charge is -2.61. The average molecular weight is 332 g/mol. The molecule has 0 N–H and O–H groups in total. The van der Waals surface area contributed by atoms with E-state index in [0.717, 1.165) is 32.1 Å².